The van der Waals surface area contributed by atoms with E-state index in [9.17, 15) is 19.1 Å². The van der Waals surface area contributed by atoms with E-state index < -0.39 is 23.8 Å². The molecule has 7 heteroatoms. The highest BCUT2D eigenvalue weighted by molar-refractivity contribution is 5.79. The van der Waals surface area contributed by atoms with E-state index in [1.807, 2.05) is 20.8 Å². The standard InChI is InChI=1S/C18H25FN2O4/c1-18(2,3)20-17(24)25-11-10-21-14(8-9-15(21)22)16(23)12-4-6-13(19)7-5-12/h4-7,14,16,23H,8-11H2,1-3H3,(H,20,24). The zero-order chi connectivity index (χ0) is 18.6. The SMILES string of the molecule is CC(C)(C)NC(=O)OCCN1C(=O)CCC1C(O)c1ccc(F)cc1. The van der Waals surface area contributed by atoms with E-state index >= 15 is 0 Å². The molecule has 1 aliphatic rings. The van der Waals surface area contributed by atoms with Gasteiger partial charge in [-0.2, -0.15) is 0 Å². The number of amides is 2. The topological polar surface area (TPSA) is 78.9 Å². The molecule has 0 aromatic heterocycles. The van der Waals surface area contributed by atoms with Crippen LogP contribution in [0.4, 0.5) is 9.18 Å². The summed E-state index contributed by atoms with van der Waals surface area (Å²) in [5.74, 6) is -0.473. The minimum Gasteiger partial charge on any atom is -0.448 e. The second-order valence-electron chi connectivity index (χ2n) is 7.20. The van der Waals surface area contributed by atoms with Gasteiger partial charge in [-0.1, -0.05) is 12.1 Å². The lowest BCUT2D eigenvalue weighted by Gasteiger charge is -2.29. The number of nitrogens with one attached hydrogen (secondary N) is 1. The fraction of sp³-hybridized carbons (Fsp3) is 0.556. The van der Waals surface area contributed by atoms with Gasteiger partial charge in [0.2, 0.25) is 5.91 Å². The Morgan fingerprint density at radius 3 is 2.64 bits per heavy atom. The first-order valence-corrected chi connectivity index (χ1v) is 8.35. The smallest absolute Gasteiger partial charge is 0.407 e. The molecule has 0 spiro atoms. The molecule has 1 aromatic rings. The molecule has 1 aliphatic heterocycles. The normalized spacial score (nSPS) is 19.0. The lowest BCUT2D eigenvalue weighted by molar-refractivity contribution is -0.131. The average Bonchev–Trinajstić information content (AvgIpc) is 2.87. The number of carbonyl (C=O) groups excluding carboxylic acids is 2. The van der Waals surface area contributed by atoms with E-state index in [0.29, 0.717) is 18.4 Å². The Bertz CT molecular complexity index is 612. The van der Waals surface area contributed by atoms with Crippen LogP contribution in [-0.4, -0.2) is 46.7 Å². The maximum Gasteiger partial charge on any atom is 0.407 e. The van der Waals surface area contributed by atoms with Crippen LogP contribution in [0, 0.1) is 5.82 Å². The molecule has 1 fully saturated rings. The maximum absolute atomic E-state index is 13.0. The third-order valence-corrected chi connectivity index (χ3v) is 3.99. The molecule has 0 aliphatic carbocycles. The number of rotatable bonds is 5. The zero-order valence-corrected chi connectivity index (χ0v) is 14.8. The largest absolute Gasteiger partial charge is 0.448 e. The number of hydrogen-bond donors (Lipinski definition) is 2. The predicted molar refractivity (Wildman–Crippen MR) is 90.3 cm³/mol. The van der Waals surface area contributed by atoms with Gasteiger partial charge in [0.1, 0.15) is 12.4 Å². The molecule has 0 radical (unpaired) electrons. The van der Waals surface area contributed by atoms with Gasteiger partial charge in [0.25, 0.3) is 0 Å². The molecular formula is C18H25FN2O4. The number of aliphatic hydroxyl groups is 1. The number of hydrogen-bond acceptors (Lipinski definition) is 4. The Hall–Kier alpha value is -2.15. The van der Waals surface area contributed by atoms with Crippen molar-refractivity contribution in [2.24, 2.45) is 0 Å². The van der Waals surface area contributed by atoms with Crippen molar-refractivity contribution in [3.8, 4) is 0 Å². The fourth-order valence-electron chi connectivity index (χ4n) is 2.84. The number of halogens is 1. The highest BCUT2D eigenvalue weighted by Gasteiger charge is 2.36. The lowest BCUT2D eigenvalue weighted by Crippen LogP contribution is -2.43. The first-order valence-electron chi connectivity index (χ1n) is 8.35. The quantitative estimate of drug-likeness (QED) is 0.853. The number of alkyl carbamates (subject to hydrolysis) is 1. The molecule has 6 nitrogen and oxygen atoms in total. The van der Waals surface area contributed by atoms with Crippen molar-refractivity contribution in [3.63, 3.8) is 0 Å². The molecule has 2 unspecified atom stereocenters. The van der Waals surface area contributed by atoms with Gasteiger partial charge in [0.15, 0.2) is 0 Å². The Morgan fingerprint density at radius 2 is 2.04 bits per heavy atom. The van der Waals surface area contributed by atoms with Gasteiger partial charge in [-0.3, -0.25) is 4.79 Å². The average molecular weight is 352 g/mol. The summed E-state index contributed by atoms with van der Waals surface area (Å²) < 4.78 is 18.1. The summed E-state index contributed by atoms with van der Waals surface area (Å²) >= 11 is 0. The summed E-state index contributed by atoms with van der Waals surface area (Å²) in [4.78, 5) is 25.3. The Kier molecular flexibility index (Phi) is 6.00. The van der Waals surface area contributed by atoms with Crippen molar-refractivity contribution in [1.29, 1.82) is 0 Å². The van der Waals surface area contributed by atoms with Crippen LogP contribution in [0.1, 0.15) is 45.3 Å². The van der Waals surface area contributed by atoms with Gasteiger partial charge in [-0.05, 0) is 44.9 Å². The molecule has 2 rings (SSSR count). The molecule has 1 aromatic carbocycles. The Morgan fingerprint density at radius 1 is 1.40 bits per heavy atom. The van der Waals surface area contributed by atoms with Gasteiger partial charge >= 0.3 is 6.09 Å². The molecule has 0 saturated carbocycles. The van der Waals surface area contributed by atoms with Gasteiger partial charge in [-0.15, -0.1) is 0 Å². The number of likely N-dealkylation sites (tertiary alicyclic amines) is 1. The first kappa shape index (κ1) is 19.2. The molecule has 138 valence electrons. The van der Waals surface area contributed by atoms with Crippen molar-refractivity contribution in [2.45, 2.75) is 51.3 Å². The number of carbonyl (C=O) groups is 2. The minimum absolute atomic E-state index is 0.0420. The number of ether oxygens (including phenoxy) is 1. The van der Waals surface area contributed by atoms with Crippen molar-refractivity contribution in [1.82, 2.24) is 10.2 Å². The van der Waals surface area contributed by atoms with Crippen LogP contribution >= 0.6 is 0 Å². The van der Waals surface area contributed by atoms with Crippen LogP contribution in [0.25, 0.3) is 0 Å². The minimum atomic E-state index is -0.907. The maximum atomic E-state index is 13.0. The number of aliphatic hydroxyl groups excluding tert-OH is 1. The van der Waals surface area contributed by atoms with Crippen LogP contribution < -0.4 is 5.32 Å². The molecule has 25 heavy (non-hydrogen) atoms. The predicted octanol–water partition coefficient (Wildman–Crippen LogP) is 2.37. The van der Waals surface area contributed by atoms with E-state index in [2.05, 4.69) is 5.32 Å². The van der Waals surface area contributed by atoms with Crippen molar-refractivity contribution in [3.05, 3.63) is 35.6 Å². The van der Waals surface area contributed by atoms with Crippen molar-refractivity contribution < 1.29 is 23.8 Å². The highest BCUT2D eigenvalue weighted by atomic mass is 19.1. The van der Waals surface area contributed by atoms with E-state index in [1.165, 1.54) is 29.2 Å². The summed E-state index contributed by atoms with van der Waals surface area (Å²) in [7, 11) is 0. The molecule has 0 bridgehead atoms. The van der Waals surface area contributed by atoms with Crippen LogP contribution in [0.2, 0.25) is 0 Å². The summed E-state index contributed by atoms with van der Waals surface area (Å²) in [6, 6.07) is 5.16. The van der Waals surface area contributed by atoms with Gasteiger partial charge in [0.05, 0.1) is 18.7 Å². The lowest BCUT2D eigenvalue weighted by atomic mass is 10.0. The Balaban J connectivity index is 1.92. The van der Waals surface area contributed by atoms with E-state index in [0.717, 1.165) is 0 Å². The fourth-order valence-corrected chi connectivity index (χ4v) is 2.84. The number of nitrogens with zero attached hydrogens (tertiary/aromatic N) is 1. The van der Waals surface area contributed by atoms with Crippen molar-refractivity contribution >= 4 is 12.0 Å². The number of benzene rings is 1. The third kappa shape index (κ3) is 5.42. The molecule has 2 N–H and O–H groups in total. The van der Waals surface area contributed by atoms with Crippen LogP contribution in [0.15, 0.2) is 24.3 Å². The van der Waals surface area contributed by atoms with E-state index in [1.54, 1.807) is 0 Å². The summed E-state index contributed by atoms with van der Waals surface area (Å²) in [6.07, 6.45) is -0.618. The monoisotopic (exact) mass is 352 g/mol. The van der Waals surface area contributed by atoms with E-state index in [-0.39, 0.29) is 24.9 Å². The molecule has 2 atom stereocenters. The van der Waals surface area contributed by atoms with Crippen LogP contribution in [0.3, 0.4) is 0 Å². The Labute approximate surface area is 147 Å². The van der Waals surface area contributed by atoms with Gasteiger partial charge < -0.3 is 20.1 Å². The molecular weight excluding hydrogens is 327 g/mol. The zero-order valence-electron chi connectivity index (χ0n) is 14.8. The molecule has 1 saturated heterocycles. The van der Waals surface area contributed by atoms with Gasteiger partial charge in [-0.25, -0.2) is 9.18 Å². The summed E-state index contributed by atoms with van der Waals surface area (Å²) in [6.45, 7) is 5.77. The third-order valence-electron chi connectivity index (χ3n) is 3.99. The van der Waals surface area contributed by atoms with Crippen molar-refractivity contribution in [2.75, 3.05) is 13.2 Å². The highest BCUT2D eigenvalue weighted by Crippen LogP contribution is 2.30. The summed E-state index contributed by atoms with van der Waals surface area (Å²) in [5, 5.41) is 13.2. The molecule has 1 heterocycles. The van der Waals surface area contributed by atoms with Gasteiger partial charge in [0, 0.05) is 12.0 Å². The first-order chi connectivity index (χ1) is 11.7. The molecule has 2 amide bonds. The van der Waals surface area contributed by atoms with Crippen LogP contribution in [0.5, 0.6) is 0 Å². The summed E-state index contributed by atoms with van der Waals surface area (Å²) in [5.41, 5.74) is 0.152. The second-order valence-corrected chi connectivity index (χ2v) is 7.20. The van der Waals surface area contributed by atoms with E-state index in [4.69, 9.17) is 4.74 Å². The van der Waals surface area contributed by atoms with Crippen LogP contribution in [-0.2, 0) is 9.53 Å². The second kappa shape index (κ2) is 7.82.